The third kappa shape index (κ3) is 4.36. The van der Waals surface area contributed by atoms with E-state index in [1.165, 1.54) is 0 Å². The molecule has 0 spiro atoms. The fraction of sp³-hybridized carbons (Fsp3) is 0.286. The third-order valence-electron chi connectivity index (χ3n) is 6.58. The van der Waals surface area contributed by atoms with Gasteiger partial charge in [-0.05, 0) is 18.2 Å². The maximum absolute atomic E-state index is 13.4. The van der Waals surface area contributed by atoms with Crippen molar-refractivity contribution in [3.05, 3.63) is 108 Å². The molecule has 162 valence electrons. The van der Waals surface area contributed by atoms with Gasteiger partial charge in [-0.1, -0.05) is 91.0 Å². The molecular weight excluding hydrogens is 394 g/mol. The van der Waals surface area contributed by atoms with E-state index in [9.17, 15) is 10.1 Å². The minimum absolute atomic E-state index is 0.0594. The molecule has 0 amide bonds. The van der Waals surface area contributed by atoms with Gasteiger partial charge in [-0.2, -0.15) is 5.26 Å². The number of benzene rings is 3. The van der Waals surface area contributed by atoms with E-state index < -0.39 is 5.54 Å². The van der Waals surface area contributed by atoms with Crippen molar-refractivity contribution < 1.29 is 4.79 Å². The third-order valence-corrected chi connectivity index (χ3v) is 6.58. The number of ketones is 1. The molecule has 0 bridgehead atoms. The Morgan fingerprint density at radius 2 is 1.41 bits per heavy atom. The Labute approximate surface area is 190 Å². The molecule has 2 atom stereocenters. The lowest BCUT2D eigenvalue weighted by molar-refractivity contribution is 0.0499. The quantitative estimate of drug-likeness (QED) is 0.517. The van der Waals surface area contributed by atoms with E-state index >= 15 is 0 Å². The maximum atomic E-state index is 13.4. The van der Waals surface area contributed by atoms with Crippen molar-refractivity contribution in [2.45, 2.75) is 17.9 Å². The second-order valence-corrected chi connectivity index (χ2v) is 8.49. The topological polar surface area (TPSA) is 47.3 Å². The maximum Gasteiger partial charge on any atom is 0.163 e. The van der Waals surface area contributed by atoms with Crippen molar-refractivity contribution in [2.24, 2.45) is 0 Å². The summed E-state index contributed by atoms with van der Waals surface area (Å²) in [6.45, 7) is 3.35. The number of hydrogen-bond acceptors (Lipinski definition) is 4. The van der Waals surface area contributed by atoms with Crippen LogP contribution in [0.1, 0.15) is 33.8 Å². The Bertz CT molecular complexity index is 1050. The van der Waals surface area contributed by atoms with Crippen LogP contribution in [-0.4, -0.2) is 48.8 Å². The smallest absolute Gasteiger partial charge is 0.163 e. The van der Waals surface area contributed by atoms with Gasteiger partial charge in [0.1, 0.15) is 5.54 Å². The lowest BCUT2D eigenvalue weighted by Gasteiger charge is -2.47. The van der Waals surface area contributed by atoms with Gasteiger partial charge in [-0.3, -0.25) is 9.69 Å². The molecule has 0 aromatic heterocycles. The first-order chi connectivity index (χ1) is 15.6. The van der Waals surface area contributed by atoms with E-state index in [0.717, 1.165) is 37.3 Å². The summed E-state index contributed by atoms with van der Waals surface area (Å²) in [5.41, 5.74) is 1.71. The molecule has 2 unspecified atom stereocenters. The Hall–Kier alpha value is -3.26. The van der Waals surface area contributed by atoms with Gasteiger partial charge < -0.3 is 4.90 Å². The van der Waals surface area contributed by atoms with E-state index in [4.69, 9.17) is 0 Å². The van der Waals surface area contributed by atoms with Gasteiger partial charge in [0.15, 0.2) is 5.78 Å². The van der Waals surface area contributed by atoms with Crippen LogP contribution >= 0.6 is 0 Å². The number of hydrogen-bond donors (Lipinski definition) is 0. The summed E-state index contributed by atoms with van der Waals surface area (Å²) in [7, 11) is 2.11. The highest BCUT2D eigenvalue weighted by atomic mass is 16.1. The first kappa shape index (κ1) is 22.0. The number of nitrogens with zero attached hydrogens (tertiary/aromatic N) is 3. The van der Waals surface area contributed by atoms with Crippen LogP contribution < -0.4 is 0 Å². The van der Waals surface area contributed by atoms with E-state index in [-0.39, 0.29) is 18.1 Å². The summed E-state index contributed by atoms with van der Waals surface area (Å²) in [6.07, 6.45) is 0.267. The summed E-state index contributed by atoms with van der Waals surface area (Å²) in [6, 6.07) is 32.2. The normalized spacial score (nSPS) is 17.8. The van der Waals surface area contributed by atoms with Crippen LogP contribution in [0, 0.1) is 11.3 Å². The first-order valence-electron chi connectivity index (χ1n) is 11.2. The summed E-state index contributed by atoms with van der Waals surface area (Å²) in [4.78, 5) is 18.0. The minimum Gasteiger partial charge on any atom is -0.304 e. The van der Waals surface area contributed by atoms with Gasteiger partial charge >= 0.3 is 0 Å². The second-order valence-electron chi connectivity index (χ2n) is 8.49. The van der Waals surface area contributed by atoms with Crippen LogP contribution in [0.5, 0.6) is 0 Å². The van der Waals surface area contributed by atoms with Crippen molar-refractivity contribution in [1.82, 2.24) is 9.80 Å². The number of piperazine rings is 1. The van der Waals surface area contributed by atoms with Crippen LogP contribution in [0.4, 0.5) is 0 Å². The number of nitriles is 1. The van der Waals surface area contributed by atoms with Gasteiger partial charge in [0, 0.05) is 44.1 Å². The van der Waals surface area contributed by atoms with E-state index in [0.29, 0.717) is 5.56 Å². The molecule has 1 heterocycles. The lowest BCUT2D eigenvalue weighted by atomic mass is 9.71. The van der Waals surface area contributed by atoms with Gasteiger partial charge in [-0.25, -0.2) is 0 Å². The zero-order valence-electron chi connectivity index (χ0n) is 18.5. The van der Waals surface area contributed by atoms with E-state index in [2.05, 4.69) is 22.9 Å². The van der Waals surface area contributed by atoms with Crippen molar-refractivity contribution >= 4 is 5.78 Å². The predicted molar refractivity (Wildman–Crippen MR) is 127 cm³/mol. The van der Waals surface area contributed by atoms with Crippen molar-refractivity contribution in [2.75, 3.05) is 33.2 Å². The molecule has 0 saturated carbocycles. The molecule has 1 fully saturated rings. The largest absolute Gasteiger partial charge is 0.304 e. The SMILES string of the molecule is CN1CCN(C(C#N)(c2ccccc2)C(CC(=O)c2ccccc2)c2ccccc2)CC1. The van der Waals surface area contributed by atoms with E-state index in [1.54, 1.807) is 0 Å². The van der Waals surface area contributed by atoms with Crippen molar-refractivity contribution in [3.8, 4) is 6.07 Å². The van der Waals surface area contributed by atoms with Crippen LogP contribution in [-0.2, 0) is 5.54 Å². The van der Waals surface area contributed by atoms with Crippen LogP contribution in [0.3, 0.4) is 0 Å². The Kier molecular flexibility index (Phi) is 6.80. The van der Waals surface area contributed by atoms with Gasteiger partial charge in [-0.15, -0.1) is 0 Å². The highest BCUT2D eigenvalue weighted by Crippen LogP contribution is 2.45. The Morgan fingerprint density at radius 3 is 1.97 bits per heavy atom. The molecule has 1 saturated heterocycles. The molecule has 4 rings (SSSR count). The molecule has 1 aliphatic heterocycles. The average molecular weight is 424 g/mol. The number of Topliss-reactive ketones (excluding diaryl/α,β-unsaturated/α-hetero) is 1. The minimum atomic E-state index is -0.936. The molecule has 0 N–H and O–H groups in total. The van der Waals surface area contributed by atoms with Crippen molar-refractivity contribution in [3.63, 3.8) is 0 Å². The molecule has 3 aromatic carbocycles. The zero-order valence-corrected chi connectivity index (χ0v) is 18.5. The van der Waals surface area contributed by atoms with Crippen molar-refractivity contribution in [1.29, 1.82) is 5.26 Å². The molecule has 3 aromatic rings. The summed E-state index contributed by atoms with van der Waals surface area (Å²) in [5, 5.41) is 10.8. The highest BCUT2D eigenvalue weighted by Gasteiger charge is 2.48. The van der Waals surface area contributed by atoms with Crippen LogP contribution in [0.25, 0.3) is 0 Å². The second kappa shape index (κ2) is 9.91. The molecular formula is C28H29N3O. The summed E-state index contributed by atoms with van der Waals surface area (Å²) >= 11 is 0. The molecule has 32 heavy (non-hydrogen) atoms. The fourth-order valence-corrected chi connectivity index (χ4v) is 4.79. The van der Waals surface area contributed by atoms with Gasteiger partial charge in [0.25, 0.3) is 0 Å². The number of carbonyl (C=O) groups is 1. The lowest BCUT2D eigenvalue weighted by Crippen LogP contribution is -2.57. The highest BCUT2D eigenvalue weighted by molar-refractivity contribution is 5.96. The van der Waals surface area contributed by atoms with Crippen LogP contribution in [0.15, 0.2) is 91.0 Å². The average Bonchev–Trinajstić information content (AvgIpc) is 2.86. The number of rotatable bonds is 7. The molecule has 0 aliphatic carbocycles. The van der Waals surface area contributed by atoms with Gasteiger partial charge in [0.2, 0.25) is 0 Å². The molecule has 1 aliphatic rings. The standard InChI is InChI=1S/C28H29N3O/c1-30-17-19-31(20-18-30)28(22-29,25-15-9-4-10-16-25)26(23-11-5-2-6-12-23)21-27(32)24-13-7-3-8-14-24/h2-16,26H,17-21H2,1H3. The molecule has 0 radical (unpaired) electrons. The van der Waals surface area contributed by atoms with Crippen LogP contribution in [0.2, 0.25) is 0 Å². The number of carbonyl (C=O) groups excluding carboxylic acids is 1. The molecule has 4 heteroatoms. The van der Waals surface area contributed by atoms with Gasteiger partial charge in [0.05, 0.1) is 6.07 Å². The Balaban J connectivity index is 1.85. The molecule has 4 nitrogen and oxygen atoms in total. The predicted octanol–water partition coefficient (Wildman–Crippen LogP) is 4.71. The zero-order chi connectivity index (χ0) is 22.4. The Morgan fingerprint density at radius 1 is 0.875 bits per heavy atom. The summed E-state index contributed by atoms with van der Waals surface area (Å²) < 4.78 is 0. The number of likely N-dealkylation sites (N-methyl/N-ethyl adjacent to an activating group) is 1. The van der Waals surface area contributed by atoms with E-state index in [1.807, 2.05) is 91.0 Å². The fourth-order valence-electron chi connectivity index (χ4n) is 4.79. The first-order valence-corrected chi connectivity index (χ1v) is 11.2. The summed E-state index contributed by atoms with van der Waals surface area (Å²) in [5.74, 6) is -0.239. The monoisotopic (exact) mass is 423 g/mol.